The zero-order valence-electron chi connectivity index (χ0n) is 11.9. The van der Waals surface area contributed by atoms with E-state index in [2.05, 4.69) is 10.6 Å². The van der Waals surface area contributed by atoms with Gasteiger partial charge >= 0.3 is 11.8 Å². The number of aliphatic hydroxyl groups excluding tert-OH is 1. The van der Waals surface area contributed by atoms with Gasteiger partial charge in [-0.3, -0.25) is 9.59 Å². The van der Waals surface area contributed by atoms with Crippen LogP contribution in [0.3, 0.4) is 0 Å². The summed E-state index contributed by atoms with van der Waals surface area (Å²) in [5, 5.41) is 13.5. The van der Waals surface area contributed by atoms with Crippen LogP contribution >= 0.6 is 0 Å². The molecule has 5 nitrogen and oxygen atoms in total. The van der Waals surface area contributed by atoms with Gasteiger partial charge in [0.1, 0.15) is 0 Å². The van der Waals surface area contributed by atoms with E-state index in [1.54, 1.807) is 0 Å². The Morgan fingerprint density at radius 3 is 2.43 bits per heavy atom. The maximum absolute atomic E-state index is 13.0. The molecule has 21 heavy (non-hydrogen) atoms. The molecule has 7 heteroatoms. The van der Waals surface area contributed by atoms with Crippen LogP contribution in [0.4, 0.5) is 14.5 Å². The first-order valence-corrected chi connectivity index (χ1v) is 6.40. The van der Waals surface area contributed by atoms with E-state index < -0.39 is 23.4 Å². The Balaban J connectivity index is 2.55. The molecule has 0 heterocycles. The Morgan fingerprint density at radius 2 is 1.86 bits per heavy atom. The molecule has 0 spiro atoms. The summed E-state index contributed by atoms with van der Waals surface area (Å²) in [5.74, 6) is -4.01. The minimum atomic E-state index is -1.11. The molecule has 0 atom stereocenters. The molecule has 0 aliphatic carbocycles. The van der Waals surface area contributed by atoms with Gasteiger partial charge < -0.3 is 15.7 Å². The zero-order chi connectivity index (χ0) is 16.0. The zero-order valence-corrected chi connectivity index (χ0v) is 11.9. The number of amides is 2. The number of halogens is 2. The summed E-state index contributed by atoms with van der Waals surface area (Å²) in [7, 11) is 0. The average molecular weight is 300 g/mol. The average Bonchev–Trinajstić information content (AvgIpc) is 2.40. The first-order valence-electron chi connectivity index (χ1n) is 6.40. The lowest BCUT2D eigenvalue weighted by Crippen LogP contribution is -2.40. The predicted molar refractivity (Wildman–Crippen MR) is 73.5 cm³/mol. The van der Waals surface area contributed by atoms with E-state index in [-0.39, 0.29) is 24.3 Å². The van der Waals surface area contributed by atoms with Gasteiger partial charge in [0.25, 0.3) is 0 Å². The molecule has 0 radical (unpaired) electrons. The molecule has 0 aromatic heterocycles. The van der Waals surface area contributed by atoms with Gasteiger partial charge in [0.15, 0.2) is 11.6 Å². The molecule has 1 rings (SSSR count). The molecule has 0 bridgehead atoms. The molecule has 116 valence electrons. The van der Waals surface area contributed by atoms with Crippen LogP contribution in [-0.2, 0) is 9.59 Å². The first kappa shape index (κ1) is 17.0. The van der Waals surface area contributed by atoms with Crippen LogP contribution < -0.4 is 10.6 Å². The monoisotopic (exact) mass is 300 g/mol. The molecular weight excluding hydrogens is 282 g/mol. The number of hydrogen-bond donors (Lipinski definition) is 3. The summed E-state index contributed by atoms with van der Waals surface area (Å²) in [6.07, 6.45) is 0.470. The third-order valence-electron chi connectivity index (χ3n) is 2.90. The number of carbonyl (C=O) groups excluding carboxylic acids is 2. The molecule has 0 aliphatic rings. The van der Waals surface area contributed by atoms with Gasteiger partial charge in [-0.1, -0.05) is 13.8 Å². The van der Waals surface area contributed by atoms with Gasteiger partial charge in [-0.15, -0.1) is 0 Å². The van der Waals surface area contributed by atoms with Gasteiger partial charge in [0.05, 0.1) is 0 Å². The van der Waals surface area contributed by atoms with Gasteiger partial charge in [-0.05, 0) is 24.0 Å². The van der Waals surface area contributed by atoms with E-state index >= 15 is 0 Å². The molecule has 0 saturated heterocycles. The second-order valence-corrected chi connectivity index (χ2v) is 5.40. The maximum Gasteiger partial charge on any atom is 0.313 e. The number of nitrogens with one attached hydrogen (secondary N) is 2. The van der Waals surface area contributed by atoms with Crippen LogP contribution in [0, 0.1) is 17.0 Å². The fourth-order valence-corrected chi connectivity index (χ4v) is 1.55. The molecule has 0 saturated carbocycles. The molecule has 0 aliphatic heterocycles. The highest BCUT2D eigenvalue weighted by Crippen LogP contribution is 2.18. The van der Waals surface area contributed by atoms with E-state index in [0.29, 0.717) is 6.42 Å². The maximum atomic E-state index is 13.0. The second-order valence-electron chi connectivity index (χ2n) is 5.40. The minimum Gasteiger partial charge on any atom is -0.396 e. The van der Waals surface area contributed by atoms with Gasteiger partial charge in [0.2, 0.25) is 0 Å². The molecule has 0 fully saturated rings. The van der Waals surface area contributed by atoms with Crippen molar-refractivity contribution in [1.29, 1.82) is 0 Å². The normalized spacial score (nSPS) is 11.1. The predicted octanol–water partition coefficient (Wildman–Crippen LogP) is 1.43. The minimum absolute atomic E-state index is 0.0105. The topological polar surface area (TPSA) is 78.4 Å². The van der Waals surface area contributed by atoms with Crippen molar-refractivity contribution >= 4 is 17.5 Å². The number of hydrogen-bond acceptors (Lipinski definition) is 3. The highest BCUT2D eigenvalue weighted by Gasteiger charge is 2.21. The van der Waals surface area contributed by atoms with Crippen molar-refractivity contribution in [3.63, 3.8) is 0 Å². The van der Waals surface area contributed by atoms with Gasteiger partial charge in [-0.2, -0.15) is 0 Å². The summed E-state index contributed by atoms with van der Waals surface area (Å²) in [5.41, 5.74) is -0.365. The van der Waals surface area contributed by atoms with Crippen LogP contribution in [0.2, 0.25) is 0 Å². The molecule has 0 unspecified atom stereocenters. The highest BCUT2D eigenvalue weighted by atomic mass is 19.2. The SMILES string of the molecule is CC(C)(CCO)CNC(=O)C(=O)Nc1ccc(F)c(F)c1. The fourth-order valence-electron chi connectivity index (χ4n) is 1.55. The molecule has 1 aromatic carbocycles. The smallest absolute Gasteiger partial charge is 0.313 e. The van der Waals surface area contributed by atoms with E-state index in [4.69, 9.17) is 5.11 Å². The quantitative estimate of drug-likeness (QED) is 0.720. The van der Waals surface area contributed by atoms with Crippen molar-refractivity contribution in [3.05, 3.63) is 29.8 Å². The van der Waals surface area contributed by atoms with Crippen molar-refractivity contribution in [2.45, 2.75) is 20.3 Å². The first-order chi connectivity index (χ1) is 9.75. The Bertz CT molecular complexity index is 533. The van der Waals surface area contributed by atoms with Crippen LogP contribution in [0.5, 0.6) is 0 Å². The van der Waals surface area contributed by atoms with Crippen molar-refractivity contribution in [1.82, 2.24) is 5.32 Å². The lowest BCUT2D eigenvalue weighted by atomic mass is 9.90. The molecular formula is C14H18F2N2O3. The van der Waals surface area contributed by atoms with Crippen molar-refractivity contribution in [2.75, 3.05) is 18.5 Å². The number of rotatable bonds is 5. The largest absolute Gasteiger partial charge is 0.396 e. The van der Waals surface area contributed by atoms with Gasteiger partial charge in [0, 0.05) is 24.9 Å². The van der Waals surface area contributed by atoms with Gasteiger partial charge in [-0.25, -0.2) is 8.78 Å². The Kier molecular flexibility index (Phi) is 5.78. The summed E-state index contributed by atoms with van der Waals surface area (Å²) < 4.78 is 25.7. The third kappa shape index (κ3) is 5.47. The van der Waals surface area contributed by atoms with Crippen LogP contribution in [0.25, 0.3) is 0 Å². The lowest BCUT2D eigenvalue weighted by Gasteiger charge is -2.23. The van der Waals surface area contributed by atoms with E-state index in [0.717, 1.165) is 18.2 Å². The standard InChI is InChI=1S/C14H18F2N2O3/c1-14(2,5-6-19)8-17-12(20)13(21)18-9-3-4-10(15)11(16)7-9/h3-4,7,19H,5-6,8H2,1-2H3,(H,17,20)(H,18,21). The Hall–Kier alpha value is -2.02. The van der Waals surface area contributed by atoms with Crippen molar-refractivity contribution in [2.24, 2.45) is 5.41 Å². The van der Waals surface area contributed by atoms with Crippen LogP contribution in [0.15, 0.2) is 18.2 Å². The number of carbonyl (C=O) groups is 2. The highest BCUT2D eigenvalue weighted by molar-refractivity contribution is 6.39. The van der Waals surface area contributed by atoms with Crippen LogP contribution in [0.1, 0.15) is 20.3 Å². The third-order valence-corrected chi connectivity index (χ3v) is 2.90. The lowest BCUT2D eigenvalue weighted by molar-refractivity contribution is -0.136. The fraction of sp³-hybridized carbons (Fsp3) is 0.429. The molecule has 3 N–H and O–H groups in total. The van der Waals surface area contributed by atoms with Crippen molar-refractivity contribution < 1.29 is 23.5 Å². The van der Waals surface area contributed by atoms with E-state index in [1.165, 1.54) is 0 Å². The molecule has 1 aromatic rings. The van der Waals surface area contributed by atoms with E-state index in [1.807, 2.05) is 13.8 Å². The number of benzene rings is 1. The Labute approximate surface area is 121 Å². The summed E-state index contributed by atoms with van der Waals surface area (Å²) in [6, 6.07) is 2.79. The van der Waals surface area contributed by atoms with Crippen molar-refractivity contribution in [3.8, 4) is 0 Å². The molecule has 2 amide bonds. The van der Waals surface area contributed by atoms with Crippen LogP contribution in [-0.4, -0.2) is 30.1 Å². The summed E-state index contributed by atoms with van der Waals surface area (Å²) in [4.78, 5) is 23.2. The number of anilines is 1. The van der Waals surface area contributed by atoms with E-state index in [9.17, 15) is 18.4 Å². The Morgan fingerprint density at radius 1 is 1.19 bits per heavy atom. The second kappa shape index (κ2) is 7.12. The summed E-state index contributed by atoms with van der Waals surface area (Å²) in [6.45, 7) is 3.84. The number of aliphatic hydroxyl groups is 1. The summed E-state index contributed by atoms with van der Waals surface area (Å²) >= 11 is 0.